The third-order valence-corrected chi connectivity index (χ3v) is 3.96. The van der Waals surface area contributed by atoms with Crippen molar-refractivity contribution >= 4 is 34.6 Å². The summed E-state index contributed by atoms with van der Waals surface area (Å²) in [6, 6.07) is 15.1. The number of hydrogen-bond acceptors (Lipinski definition) is 3. The first kappa shape index (κ1) is 17.4. The number of carbonyl (C=O) groups is 2. The van der Waals surface area contributed by atoms with Crippen LogP contribution in [0.25, 0.3) is 17.1 Å². The number of carbonyl (C=O) groups excluding carboxylic acids is 2. The van der Waals surface area contributed by atoms with Crippen molar-refractivity contribution in [1.82, 2.24) is 14.9 Å². The number of rotatable bonds is 5. The molecule has 0 aliphatic heterocycles. The van der Waals surface area contributed by atoms with Gasteiger partial charge < -0.3 is 15.2 Å². The summed E-state index contributed by atoms with van der Waals surface area (Å²) < 4.78 is 1.97. The smallest absolute Gasteiger partial charge is 0.244 e. The number of amides is 2. The van der Waals surface area contributed by atoms with Gasteiger partial charge in [-0.25, -0.2) is 4.98 Å². The molecule has 0 bridgehead atoms. The minimum absolute atomic E-state index is 0.116. The lowest BCUT2D eigenvalue weighted by molar-refractivity contribution is -0.116. The van der Waals surface area contributed by atoms with Crippen molar-refractivity contribution in [1.29, 1.82) is 0 Å². The van der Waals surface area contributed by atoms with E-state index in [2.05, 4.69) is 15.6 Å². The molecule has 1 heterocycles. The molecule has 0 spiro atoms. The highest BCUT2D eigenvalue weighted by Crippen LogP contribution is 2.14. The van der Waals surface area contributed by atoms with Crippen LogP contribution in [0.1, 0.15) is 18.3 Å². The molecule has 0 saturated carbocycles. The average Bonchev–Trinajstić information content (AvgIpc) is 2.95. The minimum Gasteiger partial charge on any atom is -0.345 e. The molecule has 6 nitrogen and oxygen atoms in total. The monoisotopic (exact) mass is 348 g/mol. The summed E-state index contributed by atoms with van der Waals surface area (Å²) >= 11 is 0. The van der Waals surface area contributed by atoms with E-state index in [1.54, 1.807) is 18.2 Å². The van der Waals surface area contributed by atoms with Gasteiger partial charge in [-0.15, -0.1) is 0 Å². The van der Waals surface area contributed by atoms with Gasteiger partial charge in [-0.05, 0) is 35.9 Å². The Balaban J connectivity index is 1.58. The van der Waals surface area contributed by atoms with Crippen LogP contribution in [0.15, 0.2) is 54.6 Å². The van der Waals surface area contributed by atoms with Gasteiger partial charge in [0, 0.05) is 25.7 Å². The van der Waals surface area contributed by atoms with Crippen LogP contribution < -0.4 is 10.6 Å². The number of aromatic nitrogens is 2. The molecule has 0 saturated heterocycles. The molecular formula is C20H20N4O2. The van der Waals surface area contributed by atoms with Gasteiger partial charge in [0.2, 0.25) is 11.8 Å². The predicted octanol–water partition coefficient (Wildman–Crippen LogP) is 2.86. The lowest BCUT2D eigenvalue weighted by atomic mass is 10.2. The van der Waals surface area contributed by atoms with Crippen LogP contribution >= 0.6 is 0 Å². The summed E-state index contributed by atoms with van der Waals surface area (Å²) in [6.45, 7) is 1.82. The quantitative estimate of drug-likeness (QED) is 0.696. The van der Waals surface area contributed by atoms with Crippen molar-refractivity contribution in [2.24, 2.45) is 7.05 Å². The molecule has 1 aromatic heterocycles. The molecule has 0 atom stereocenters. The number of benzene rings is 2. The first-order chi connectivity index (χ1) is 12.5. The van der Waals surface area contributed by atoms with Crippen LogP contribution in [0.5, 0.6) is 0 Å². The molecule has 3 rings (SSSR count). The zero-order valence-corrected chi connectivity index (χ0v) is 14.7. The van der Waals surface area contributed by atoms with E-state index in [-0.39, 0.29) is 11.8 Å². The lowest BCUT2D eigenvalue weighted by Crippen LogP contribution is -2.22. The van der Waals surface area contributed by atoms with E-state index < -0.39 is 0 Å². The van der Waals surface area contributed by atoms with Gasteiger partial charge in [0.25, 0.3) is 0 Å². The van der Waals surface area contributed by atoms with Crippen molar-refractivity contribution in [3.8, 4) is 0 Å². The van der Waals surface area contributed by atoms with Crippen LogP contribution in [-0.2, 0) is 23.2 Å². The molecule has 6 heteroatoms. The summed E-state index contributed by atoms with van der Waals surface area (Å²) in [6.07, 6.45) is 3.21. The Labute approximate surface area is 151 Å². The highest BCUT2D eigenvalue weighted by molar-refractivity contribution is 5.92. The maximum absolute atomic E-state index is 12.0. The fourth-order valence-corrected chi connectivity index (χ4v) is 2.63. The van der Waals surface area contributed by atoms with Gasteiger partial charge in [0.15, 0.2) is 0 Å². The SMILES string of the molecule is CC(=O)Nc1ccc(/C=C/C(=O)NCc2nc3ccccc3n2C)cc1. The number of aryl methyl sites for hydroxylation is 1. The normalized spacial score (nSPS) is 11.0. The van der Waals surface area contributed by atoms with Gasteiger partial charge >= 0.3 is 0 Å². The van der Waals surface area contributed by atoms with Crippen molar-refractivity contribution in [2.45, 2.75) is 13.5 Å². The standard InChI is InChI=1S/C20H20N4O2/c1-14(25)22-16-10-7-15(8-11-16)9-12-20(26)21-13-19-23-17-5-3-4-6-18(17)24(19)2/h3-12H,13H2,1-2H3,(H,21,26)(H,22,25)/b12-9+. The van der Waals surface area contributed by atoms with Crippen molar-refractivity contribution in [3.05, 3.63) is 66.0 Å². The number of para-hydroxylation sites is 2. The molecular weight excluding hydrogens is 328 g/mol. The largest absolute Gasteiger partial charge is 0.345 e. The van der Waals surface area contributed by atoms with E-state index in [9.17, 15) is 9.59 Å². The second-order valence-corrected chi connectivity index (χ2v) is 5.93. The Morgan fingerprint density at radius 3 is 2.54 bits per heavy atom. The molecule has 0 fully saturated rings. The first-order valence-electron chi connectivity index (χ1n) is 8.27. The van der Waals surface area contributed by atoms with Gasteiger partial charge in [-0.1, -0.05) is 24.3 Å². The van der Waals surface area contributed by atoms with E-state index >= 15 is 0 Å². The van der Waals surface area contributed by atoms with Crippen LogP contribution in [0.4, 0.5) is 5.69 Å². The Kier molecular flexibility index (Phi) is 5.12. The van der Waals surface area contributed by atoms with Crippen LogP contribution in [0, 0.1) is 0 Å². The summed E-state index contributed by atoms with van der Waals surface area (Å²) in [4.78, 5) is 27.6. The molecule has 3 aromatic rings. The summed E-state index contributed by atoms with van der Waals surface area (Å²) in [7, 11) is 1.93. The molecule has 132 valence electrons. The number of nitrogens with one attached hydrogen (secondary N) is 2. The second-order valence-electron chi connectivity index (χ2n) is 5.93. The molecule has 0 unspecified atom stereocenters. The fourth-order valence-electron chi connectivity index (χ4n) is 2.63. The predicted molar refractivity (Wildman–Crippen MR) is 102 cm³/mol. The van der Waals surface area contributed by atoms with Crippen molar-refractivity contribution < 1.29 is 9.59 Å². The van der Waals surface area contributed by atoms with Crippen molar-refractivity contribution in [3.63, 3.8) is 0 Å². The third kappa shape index (κ3) is 4.16. The first-order valence-corrected chi connectivity index (χ1v) is 8.27. The van der Waals surface area contributed by atoms with E-state index in [0.717, 1.165) is 28.1 Å². The Morgan fingerprint density at radius 2 is 1.85 bits per heavy atom. The van der Waals surface area contributed by atoms with E-state index in [1.165, 1.54) is 13.0 Å². The van der Waals surface area contributed by atoms with Gasteiger partial charge in [-0.3, -0.25) is 9.59 Å². The Hall–Kier alpha value is -3.41. The summed E-state index contributed by atoms with van der Waals surface area (Å²) in [5, 5.41) is 5.54. The van der Waals surface area contributed by atoms with Gasteiger partial charge in [0.05, 0.1) is 17.6 Å². The topological polar surface area (TPSA) is 76.0 Å². The van der Waals surface area contributed by atoms with E-state index in [1.807, 2.05) is 48.0 Å². The molecule has 2 aromatic carbocycles. The van der Waals surface area contributed by atoms with Crippen LogP contribution in [0.2, 0.25) is 0 Å². The molecule has 0 radical (unpaired) electrons. The summed E-state index contributed by atoms with van der Waals surface area (Å²) in [5.41, 5.74) is 3.54. The zero-order valence-electron chi connectivity index (χ0n) is 14.7. The molecule has 0 aliphatic rings. The molecule has 2 amide bonds. The minimum atomic E-state index is -0.192. The second kappa shape index (κ2) is 7.65. The number of imidazole rings is 1. The number of nitrogens with zero attached hydrogens (tertiary/aromatic N) is 2. The molecule has 2 N–H and O–H groups in total. The maximum atomic E-state index is 12.0. The van der Waals surface area contributed by atoms with Gasteiger partial charge in [0.1, 0.15) is 5.82 Å². The average molecular weight is 348 g/mol. The van der Waals surface area contributed by atoms with Gasteiger partial charge in [-0.2, -0.15) is 0 Å². The molecule has 0 aliphatic carbocycles. The van der Waals surface area contributed by atoms with Crippen molar-refractivity contribution in [2.75, 3.05) is 5.32 Å². The maximum Gasteiger partial charge on any atom is 0.244 e. The molecule has 26 heavy (non-hydrogen) atoms. The highest BCUT2D eigenvalue weighted by Gasteiger charge is 2.07. The summed E-state index contributed by atoms with van der Waals surface area (Å²) in [5.74, 6) is 0.491. The highest BCUT2D eigenvalue weighted by atomic mass is 16.2. The number of hydrogen-bond donors (Lipinski definition) is 2. The lowest BCUT2D eigenvalue weighted by Gasteiger charge is -2.03. The van der Waals surface area contributed by atoms with Crippen LogP contribution in [-0.4, -0.2) is 21.4 Å². The van der Waals surface area contributed by atoms with Crippen LogP contribution in [0.3, 0.4) is 0 Å². The third-order valence-electron chi connectivity index (χ3n) is 3.96. The Bertz CT molecular complexity index is 971. The number of fused-ring (bicyclic) bond motifs is 1. The fraction of sp³-hybridized carbons (Fsp3) is 0.150. The Morgan fingerprint density at radius 1 is 1.12 bits per heavy atom. The zero-order chi connectivity index (χ0) is 18.5. The van der Waals surface area contributed by atoms with E-state index in [4.69, 9.17) is 0 Å². The van der Waals surface area contributed by atoms with E-state index in [0.29, 0.717) is 6.54 Å². The number of anilines is 1.